The summed E-state index contributed by atoms with van der Waals surface area (Å²) in [7, 11) is 0. The summed E-state index contributed by atoms with van der Waals surface area (Å²) >= 11 is 3.16. The normalized spacial score (nSPS) is 10.3. The lowest BCUT2D eigenvalue weighted by Gasteiger charge is -2.10. The zero-order valence-electron chi connectivity index (χ0n) is 10.6. The number of ether oxygens (including phenoxy) is 1. The number of nitro groups is 1. The van der Waals surface area contributed by atoms with Crippen molar-refractivity contribution < 1.29 is 14.1 Å². The van der Waals surface area contributed by atoms with E-state index in [1.165, 1.54) is 19.3 Å². The SMILES string of the molecule is Cc1cc(Oc2ncnc(NN)c2Br)c(F)cc1[N+](=O)[O-]. The van der Waals surface area contributed by atoms with E-state index in [4.69, 9.17) is 10.6 Å². The molecule has 0 atom stereocenters. The Morgan fingerprint density at radius 1 is 1.48 bits per heavy atom. The minimum atomic E-state index is -0.875. The molecule has 2 aromatic rings. The maximum absolute atomic E-state index is 13.9. The van der Waals surface area contributed by atoms with Crippen molar-refractivity contribution in [3.8, 4) is 11.6 Å². The van der Waals surface area contributed by atoms with E-state index in [-0.39, 0.29) is 28.7 Å². The van der Waals surface area contributed by atoms with Gasteiger partial charge in [0.15, 0.2) is 17.4 Å². The van der Waals surface area contributed by atoms with Crippen LogP contribution in [0.1, 0.15) is 5.56 Å². The molecule has 0 bridgehead atoms. The number of halogens is 2. The fraction of sp³-hybridized carbons (Fsp3) is 0.0909. The van der Waals surface area contributed by atoms with E-state index < -0.39 is 10.7 Å². The number of aryl methyl sites for hydroxylation is 1. The number of aromatic nitrogens is 2. The van der Waals surface area contributed by atoms with Crippen LogP contribution >= 0.6 is 15.9 Å². The first-order valence-corrected chi connectivity index (χ1v) is 6.32. The van der Waals surface area contributed by atoms with Crippen molar-refractivity contribution in [2.24, 2.45) is 5.84 Å². The number of nitrogen functional groups attached to an aromatic ring is 1. The van der Waals surface area contributed by atoms with Gasteiger partial charge < -0.3 is 10.2 Å². The first kappa shape index (κ1) is 15.1. The predicted molar refractivity (Wildman–Crippen MR) is 75.4 cm³/mol. The van der Waals surface area contributed by atoms with Crippen LogP contribution in [0.2, 0.25) is 0 Å². The topological polar surface area (TPSA) is 116 Å². The Hall–Kier alpha value is -2.33. The second kappa shape index (κ2) is 5.97. The highest BCUT2D eigenvalue weighted by molar-refractivity contribution is 9.10. The molecular weight excluding hydrogens is 349 g/mol. The predicted octanol–water partition coefficient (Wildman–Crippen LogP) is 2.67. The molecule has 21 heavy (non-hydrogen) atoms. The lowest BCUT2D eigenvalue weighted by atomic mass is 10.2. The van der Waals surface area contributed by atoms with Gasteiger partial charge in [0.1, 0.15) is 10.8 Å². The van der Waals surface area contributed by atoms with Crippen LogP contribution in [0.3, 0.4) is 0 Å². The van der Waals surface area contributed by atoms with Crippen molar-refractivity contribution in [1.29, 1.82) is 0 Å². The summed E-state index contributed by atoms with van der Waals surface area (Å²) in [6.07, 6.45) is 1.17. The van der Waals surface area contributed by atoms with Gasteiger partial charge in [-0.15, -0.1) is 0 Å². The minimum Gasteiger partial charge on any atom is -0.435 e. The lowest BCUT2D eigenvalue weighted by Crippen LogP contribution is -2.10. The molecule has 0 aliphatic rings. The monoisotopic (exact) mass is 357 g/mol. The molecule has 2 rings (SSSR count). The van der Waals surface area contributed by atoms with E-state index in [9.17, 15) is 14.5 Å². The van der Waals surface area contributed by atoms with Crippen LogP contribution in [0, 0.1) is 22.9 Å². The van der Waals surface area contributed by atoms with Crippen LogP contribution in [0.15, 0.2) is 22.9 Å². The number of hydrazine groups is 1. The standard InChI is InChI=1S/C11H9BrFN5O3/c1-5-2-8(6(13)3-7(5)18(19)20)21-11-9(12)10(17-14)15-4-16-11/h2-4H,14H2,1H3,(H,15,16,17). The molecule has 10 heteroatoms. The Labute approximate surface area is 126 Å². The van der Waals surface area contributed by atoms with Crippen LogP contribution in [0.25, 0.3) is 0 Å². The summed E-state index contributed by atoms with van der Waals surface area (Å²) in [5.41, 5.74) is 2.25. The quantitative estimate of drug-likeness (QED) is 0.490. The molecule has 0 aliphatic heterocycles. The maximum atomic E-state index is 13.9. The molecule has 0 unspecified atom stereocenters. The molecule has 0 saturated carbocycles. The summed E-state index contributed by atoms with van der Waals surface area (Å²) in [5, 5.41) is 10.7. The van der Waals surface area contributed by atoms with Crippen molar-refractivity contribution in [2.45, 2.75) is 6.92 Å². The molecule has 0 fully saturated rings. The van der Waals surface area contributed by atoms with Crippen molar-refractivity contribution in [3.63, 3.8) is 0 Å². The average molecular weight is 358 g/mol. The number of nitrogens with two attached hydrogens (primary N) is 1. The zero-order chi connectivity index (χ0) is 15.6. The Bertz CT molecular complexity index is 712. The lowest BCUT2D eigenvalue weighted by molar-refractivity contribution is -0.385. The third kappa shape index (κ3) is 3.06. The van der Waals surface area contributed by atoms with E-state index >= 15 is 0 Å². The minimum absolute atomic E-state index is 0.0186. The maximum Gasteiger partial charge on any atom is 0.275 e. The van der Waals surface area contributed by atoms with Gasteiger partial charge in [-0.1, -0.05) is 0 Å². The second-order valence-electron chi connectivity index (χ2n) is 3.91. The molecule has 1 aromatic carbocycles. The largest absolute Gasteiger partial charge is 0.435 e. The van der Waals surface area contributed by atoms with Gasteiger partial charge in [0.25, 0.3) is 5.69 Å². The Balaban J connectivity index is 2.41. The highest BCUT2D eigenvalue weighted by Crippen LogP contribution is 2.34. The van der Waals surface area contributed by atoms with Gasteiger partial charge in [-0.05, 0) is 28.9 Å². The number of benzene rings is 1. The van der Waals surface area contributed by atoms with Crippen molar-refractivity contribution in [3.05, 3.63) is 44.4 Å². The van der Waals surface area contributed by atoms with Gasteiger partial charge in [0.05, 0.1) is 11.0 Å². The van der Waals surface area contributed by atoms with Crippen LogP contribution in [-0.2, 0) is 0 Å². The number of hydrogen-bond donors (Lipinski definition) is 2. The molecule has 8 nitrogen and oxygen atoms in total. The highest BCUT2D eigenvalue weighted by Gasteiger charge is 2.18. The van der Waals surface area contributed by atoms with Gasteiger partial charge in [0, 0.05) is 5.56 Å². The first-order valence-electron chi connectivity index (χ1n) is 5.53. The van der Waals surface area contributed by atoms with Crippen molar-refractivity contribution in [2.75, 3.05) is 5.43 Å². The molecule has 0 amide bonds. The number of nitro benzene ring substituents is 1. The molecule has 0 spiro atoms. The Morgan fingerprint density at radius 3 is 2.81 bits per heavy atom. The summed E-state index contributed by atoms with van der Waals surface area (Å²) in [4.78, 5) is 17.7. The molecule has 1 heterocycles. The van der Waals surface area contributed by atoms with E-state index in [2.05, 4.69) is 31.3 Å². The van der Waals surface area contributed by atoms with Gasteiger partial charge in [0.2, 0.25) is 5.88 Å². The number of nitrogens with zero attached hydrogens (tertiary/aromatic N) is 3. The third-order valence-electron chi connectivity index (χ3n) is 2.55. The summed E-state index contributed by atoms with van der Waals surface area (Å²) in [6, 6.07) is 2.01. The molecule has 0 aliphatic carbocycles. The summed E-state index contributed by atoms with van der Waals surface area (Å²) in [5.74, 6) is 4.44. The summed E-state index contributed by atoms with van der Waals surface area (Å²) < 4.78 is 19.5. The fourth-order valence-electron chi connectivity index (χ4n) is 1.55. The number of rotatable bonds is 4. The molecule has 1 aromatic heterocycles. The van der Waals surface area contributed by atoms with Gasteiger partial charge in [-0.3, -0.25) is 10.1 Å². The van der Waals surface area contributed by atoms with E-state index in [1.54, 1.807) is 0 Å². The molecule has 0 saturated heterocycles. The van der Waals surface area contributed by atoms with Crippen molar-refractivity contribution in [1.82, 2.24) is 9.97 Å². The number of hydrogen-bond acceptors (Lipinski definition) is 7. The second-order valence-corrected chi connectivity index (χ2v) is 4.71. The molecule has 110 valence electrons. The van der Waals surface area contributed by atoms with E-state index in [0.29, 0.717) is 4.47 Å². The molecule has 0 radical (unpaired) electrons. The van der Waals surface area contributed by atoms with Gasteiger partial charge in [-0.2, -0.15) is 0 Å². The van der Waals surface area contributed by atoms with Crippen LogP contribution < -0.4 is 16.0 Å². The average Bonchev–Trinajstić information content (AvgIpc) is 2.44. The van der Waals surface area contributed by atoms with Crippen LogP contribution in [0.5, 0.6) is 11.6 Å². The Kier molecular flexibility index (Phi) is 4.29. The number of nitrogens with one attached hydrogen (secondary N) is 1. The smallest absolute Gasteiger partial charge is 0.275 e. The number of anilines is 1. The van der Waals surface area contributed by atoms with Gasteiger partial charge in [-0.25, -0.2) is 20.2 Å². The van der Waals surface area contributed by atoms with E-state index in [0.717, 1.165) is 6.07 Å². The fourth-order valence-corrected chi connectivity index (χ4v) is 1.95. The Morgan fingerprint density at radius 2 is 2.19 bits per heavy atom. The molecular formula is C11H9BrFN5O3. The zero-order valence-corrected chi connectivity index (χ0v) is 12.2. The third-order valence-corrected chi connectivity index (χ3v) is 3.26. The van der Waals surface area contributed by atoms with Crippen LogP contribution in [-0.4, -0.2) is 14.9 Å². The van der Waals surface area contributed by atoms with Crippen LogP contribution in [0.4, 0.5) is 15.9 Å². The first-order chi connectivity index (χ1) is 9.93. The molecule has 3 N–H and O–H groups in total. The van der Waals surface area contributed by atoms with Crippen molar-refractivity contribution >= 4 is 27.4 Å². The summed E-state index contributed by atoms with van der Waals surface area (Å²) in [6.45, 7) is 1.48. The highest BCUT2D eigenvalue weighted by atomic mass is 79.9. The van der Waals surface area contributed by atoms with Gasteiger partial charge >= 0.3 is 0 Å². The van der Waals surface area contributed by atoms with E-state index in [1.807, 2.05) is 0 Å².